The van der Waals surface area contributed by atoms with E-state index in [4.69, 9.17) is 4.74 Å². The first-order valence-electron chi connectivity index (χ1n) is 6.06. The smallest absolute Gasteiger partial charge is 0.242 e. The Morgan fingerprint density at radius 1 is 1.38 bits per heavy atom. The zero-order valence-corrected chi connectivity index (χ0v) is 11.0. The largest absolute Gasteiger partial charge is 0.372 e. The molecule has 0 radical (unpaired) electrons. The average molecular weight is 228 g/mol. The van der Waals surface area contributed by atoms with Gasteiger partial charge < -0.3 is 15.0 Å². The third-order valence-corrected chi connectivity index (χ3v) is 2.86. The summed E-state index contributed by atoms with van der Waals surface area (Å²) >= 11 is 0. The van der Waals surface area contributed by atoms with Crippen molar-refractivity contribution in [1.82, 2.24) is 10.2 Å². The van der Waals surface area contributed by atoms with Gasteiger partial charge in [0.05, 0.1) is 17.7 Å². The van der Waals surface area contributed by atoms with E-state index in [-0.39, 0.29) is 18.1 Å². The van der Waals surface area contributed by atoms with Crippen molar-refractivity contribution in [2.45, 2.75) is 52.4 Å². The molecule has 1 N–H and O–H groups in total. The molecule has 1 fully saturated rings. The Labute approximate surface area is 98.3 Å². The van der Waals surface area contributed by atoms with Crippen molar-refractivity contribution < 1.29 is 9.53 Å². The maximum absolute atomic E-state index is 12.3. The van der Waals surface area contributed by atoms with Gasteiger partial charge in [0.25, 0.3) is 0 Å². The summed E-state index contributed by atoms with van der Waals surface area (Å²) in [5.74, 6) is 0.163. The van der Waals surface area contributed by atoms with Crippen LogP contribution >= 0.6 is 0 Å². The van der Waals surface area contributed by atoms with Crippen LogP contribution in [0.1, 0.15) is 34.6 Å². The van der Waals surface area contributed by atoms with Crippen LogP contribution in [0.15, 0.2) is 0 Å². The number of amides is 1. The first-order valence-corrected chi connectivity index (χ1v) is 6.06. The van der Waals surface area contributed by atoms with Gasteiger partial charge in [-0.05, 0) is 34.2 Å². The molecule has 1 aliphatic heterocycles. The highest BCUT2D eigenvalue weighted by Gasteiger charge is 2.34. The Morgan fingerprint density at radius 2 is 1.88 bits per heavy atom. The molecule has 2 atom stereocenters. The van der Waals surface area contributed by atoms with Gasteiger partial charge in [-0.2, -0.15) is 0 Å². The molecular weight excluding hydrogens is 204 g/mol. The van der Waals surface area contributed by atoms with Gasteiger partial charge in [-0.3, -0.25) is 4.79 Å². The maximum Gasteiger partial charge on any atom is 0.242 e. The lowest BCUT2D eigenvalue weighted by Gasteiger charge is -2.39. The second-order valence-corrected chi connectivity index (χ2v) is 5.12. The van der Waals surface area contributed by atoms with Crippen LogP contribution in [-0.2, 0) is 9.53 Å². The van der Waals surface area contributed by atoms with E-state index in [1.807, 2.05) is 39.5 Å². The average Bonchev–Trinajstić information content (AvgIpc) is 2.14. The number of morpholine rings is 1. The lowest BCUT2D eigenvalue weighted by Crippen LogP contribution is -2.58. The van der Waals surface area contributed by atoms with Gasteiger partial charge in [-0.25, -0.2) is 0 Å². The molecule has 1 heterocycles. The molecule has 16 heavy (non-hydrogen) atoms. The Hall–Kier alpha value is -0.610. The van der Waals surface area contributed by atoms with E-state index < -0.39 is 5.54 Å². The number of likely N-dealkylation sites (N-methyl/N-ethyl adjacent to an activating group) is 1. The molecule has 0 spiro atoms. The summed E-state index contributed by atoms with van der Waals surface area (Å²) < 4.78 is 5.62. The van der Waals surface area contributed by atoms with Crippen LogP contribution in [0.3, 0.4) is 0 Å². The number of rotatable bonds is 3. The number of carbonyl (C=O) groups excluding carboxylic acids is 1. The molecule has 1 amide bonds. The van der Waals surface area contributed by atoms with Gasteiger partial charge in [0.1, 0.15) is 0 Å². The Balaban J connectivity index is 2.65. The van der Waals surface area contributed by atoms with Gasteiger partial charge in [0, 0.05) is 13.1 Å². The number of carbonyl (C=O) groups is 1. The van der Waals surface area contributed by atoms with Crippen LogP contribution < -0.4 is 5.32 Å². The van der Waals surface area contributed by atoms with Crippen molar-refractivity contribution in [2.75, 3.05) is 19.6 Å². The van der Waals surface area contributed by atoms with E-state index in [9.17, 15) is 4.79 Å². The molecule has 1 saturated heterocycles. The molecule has 0 bridgehead atoms. The van der Waals surface area contributed by atoms with Crippen LogP contribution in [0.25, 0.3) is 0 Å². The predicted molar refractivity (Wildman–Crippen MR) is 64.3 cm³/mol. The minimum atomic E-state index is -0.481. The van der Waals surface area contributed by atoms with E-state index in [0.29, 0.717) is 13.1 Å². The van der Waals surface area contributed by atoms with Crippen molar-refractivity contribution >= 4 is 5.91 Å². The molecule has 0 aliphatic carbocycles. The van der Waals surface area contributed by atoms with Gasteiger partial charge >= 0.3 is 0 Å². The minimum absolute atomic E-state index is 0.130. The molecule has 0 aromatic rings. The van der Waals surface area contributed by atoms with Crippen molar-refractivity contribution in [3.05, 3.63) is 0 Å². The standard InChI is InChI=1S/C12H24N2O2/c1-6-13-12(4,5)11(15)14-7-9(2)16-10(3)8-14/h9-10,13H,6-8H2,1-5H3/t9-,10+. The van der Waals surface area contributed by atoms with Crippen LogP contribution in [0.5, 0.6) is 0 Å². The molecule has 0 saturated carbocycles. The fourth-order valence-corrected chi connectivity index (χ4v) is 2.26. The summed E-state index contributed by atoms with van der Waals surface area (Å²) in [6, 6.07) is 0. The second-order valence-electron chi connectivity index (χ2n) is 5.12. The zero-order valence-electron chi connectivity index (χ0n) is 11.0. The minimum Gasteiger partial charge on any atom is -0.372 e. The molecule has 1 aliphatic rings. The fourth-order valence-electron chi connectivity index (χ4n) is 2.26. The highest BCUT2D eigenvalue weighted by Crippen LogP contribution is 2.15. The second kappa shape index (κ2) is 5.15. The number of nitrogens with zero attached hydrogens (tertiary/aromatic N) is 1. The summed E-state index contributed by atoms with van der Waals surface area (Å²) in [5.41, 5.74) is -0.481. The van der Waals surface area contributed by atoms with Crippen LogP contribution in [-0.4, -0.2) is 48.2 Å². The normalized spacial score (nSPS) is 26.9. The maximum atomic E-state index is 12.3. The van der Waals surface area contributed by atoms with E-state index in [2.05, 4.69) is 5.32 Å². The van der Waals surface area contributed by atoms with E-state index in [1.165, 1.54) is 0 Å². The van der Waals surface area contributed by atoms with E-state index >= 15 is 0 Å². The van der Waals surface area contributed by atoms with Gasteiger partial charge in [-0.15, -0.1) is 0 Å². The number of hydrogen-bond donors (Lipinski definition) is 1. The van der Waals surface area contributed by atoms with E-state index in [0.717, 1.165) is 6.54 Å². The topological polar surface area (TPSA) is 41.6 Å². The predicted octanol–water partition coefficient (Wildman–Crippen LogP) is 1.01. The number of hydrogen-bond acceptors (Lipinski definition) is 3. The molecule has 4 heteroatoms. The Kier molecular flexibility index (Phi) is 4.33. The third kappa shape index (κ3) is 3.19. The molecule has 94 valence electrons. The summed E-state index contributed by atoms with van der Waals surface area (Å²) in [7, 11) is 0. The Bertz CT molecular complexity index is 243. The molecule has 0 aromatic carbocycles. The summed E-state index contributed by atoms with van der Waals surface area (Å²) in [4.78, 5) is 14.2. The highest BCUT2D eigenvalue weighted by molar-refractivity contribution is 5.85. The summed E-state index contributed by atoms with van der Waals surface area (Å²) in [5, 5.41) is 3.22. The highest BCUT2D eigenvalue weighted by atomic mass is 16.5. The van der Waals surface area contributed by atoms with Crippen LogP contribution in [0.4, 0.5) is 0 Å². The molecule has 0 unspecified atom stereocenters. The summed E-state index contributed by atoms with van der Waals surface area (Å²) in [6.45, 7) is 12.1. The fraction of sp³-hybridized carbons (Fsp3) is 0.917. The van der Waals surface area contributed by atoms with Crippen molar-refractivity contribution in [1.29, 1.82) is 0 Å². The van der Waals surface area contributed by atoms with Crippen molar-refractivity contribution in [3.63, 3.8) is 0 Å². The lowest BCUT2D eigenvalue weighted by atomic mass is 10.0. The zero-order chi connectivity index (χ0) is 12.3. The number of ether oxygens (including phenoxy) is 1. The first-order chi connectivity index (χ1) is 7.36. The van der Waals surface area contributed by atoms with Crippen molar-refractivity contribution in [3.8, 4) is 0 Å². The molecule has 4 nitrogen and oxygen atoms in total. The van der Waals surface area contributed by atoms with Gasteiger partial charge in [-0.1, -0.05) is 6.92 Å². The molecular formula is C12H24N2O2. The Morgan fingerprint density at radius 3 is 2.31 bits per heavy atom. The van der Waals surface area contributed by atoms with Crippen molar-refractivity contribution in [2.24, 2.45) is 0 Å². The SMILES string of the molecule is CCNC(C)(C)C(=O)N1C[C@@H](C)O[C@@H](C)C1. The van der Waals surface area contributed by atoms with E-state index in [1.54, 1.807) is 0 Å². The number of nitrogens with one attached hydrogen (secondary N) is 1. The van der Waals surface area contributed by atoms with Crippen LogP contribution in [0.2, 0.25) is 0 Å². The van der Waals surface area contributed by atoms with Gasteiger partial charge in [0.15, 0.2) is 0 Å². The monoisotopic (exact) mass is 228 g/mol. The van der Waals surface area contributed by atoms with Crippen LogP contribution in [0, 0.1) is 0 Å². The quantitative estimate of drug-likeness (QED) is 0.784. The van der Waals surface area contributed by atoms with Gasteiger partial charge in [0.2, 0.25) is 5.91 Å². The summed E-state index contributed by atoms with van der Waals surface area (Å²) in [6.07, 6.45) is 0.259. The molecule has 0 aromatic heterocycles. The lowest BCUT2D eigenvalue weighted by molar-refractivity contribution is -0.148. The first kappa shape index (κ1) is 13.5. The molecule has 1 rings (SSSR count). The third-order valence-electron chi connectivity index (χ3n) is 2.86.